The number of anilines is 1. The third-order valence-corrected chi connectivity index (χ3v) is 4.43. The number of nitrogens with one attached hydrogen (secondary N) is 1. The Hall–Kier alpha value is -3.48. The van der Waals surface area contributed by atoms with E-state index in [0.717, 1.165) is 29.9 Å². The fraction of sp³-hybridized carbons (Fsp3) is 0.200. The van der Waals surface area contributed by atoms with Crippen LogP contribution >= 0.6 is 0 Å². The van der Waals surface area contributed by atoms with Crippen molar-refractivity contribution in [3.8, 4) is 5.82 Å². The first kappa shape index (κ1) is 17.0. The van der Waals surface area contributed by atoms with E-state index in [4.69, 9.17) is 0 Å². The van der Waals surface area contributed by atoms with Gasteiger partial charge in [0.05, 0.1) is 5.69 Å². The molecule has 0 bridgehead atoms. The molecule has 0 spiro atoms. The van der Waals surface area contributed by atoms with Crippen molar-refractivity contribution in [1.29, 1.82) is 0 Å². The summed E-state index contributed by atoms with van der Waals surface area (Å²) in [7, 11) is 0. The lowest BCUT2D eigenvalue weighted by atomic mass is 10.1. The Morgan fingerprint density at radius 3 is 2.70 bits per heavy atom. The van der Waals surface area contributed by atoms with E-state index in [1.54, 1.807) is 17.1 Å². The number of carbonyl (C=O) groups excluding carboxylic acids is 1. The van der Waals surface area contributed by atoms with Crippen molar-refractivity contribution in [2.75, 3.05) is 11.6 Å². The van der Waals surface area contributed by atoms with Gasteiger partial charge < -0.3 is 5.32 Å². The molecule has 4 rings (SSSR count). The molecule has 0 atom stereocenters. The van der Waals surface area contributed by atoms with Crippen LogP contribution in [-0.4, -0.2) is 32.9 Å². The second-order valence-electron chi connectivity index (χ2n) is 6.37. The van der Waals surface area contributed by atoms with Gasteiger partial charge in [-0.15, -0.1) is 0 Å². The van der Waals surface area contributed by atoms with Crippen LogP contribution in [0, 0.1) is 0 Å². The Morgan fingerprint density at radius 1 is 1.15 bits per heavy atom. The van der Waals surface area contributed by atoms with Crippen LogP contribution < -0.4 is 10.3 Å². The highest BCUT2D eigenvalue weighted by molar-refractivity contribution is 5.94. The summed E-state index contributed by atoms with van der Waals surface area (Å²) in [5.74, 6) is 0.582. The summed E-state index contributed by atoms with van der Waals surface area (Å²) in [5.41, 5.74) is 3.63. The van der Waals surface area contributed by atoms with Crippen LogP contribution in [0.2, 0.25) is 0 Å². The van der Waals surface area contributed by atoms with Crippen LogP contribution in [0.5, 0.6) is 0 Å². The molecule has 0 radical (unpaired) electrons. The summed E-state index contributed by atoms with van der Waals surface area (Å²) in [6.45, 7) is 3.28. The third kappa shape index (κ3) is 3.72. The van der Waals surface area contributed by atoms with Crippen molar-refractivity contribution < 1.29 is 4.79 Å². The largest absolute Gasteiger partial charge is 0.348 e. The van der Waals surface area contributed by atoms with Crippen LogP contribution in [-0.2, 0) is 6.54 Å². The maximum absolute atomic E-state index is 12.5. The highest BCUT2D eigenvalue weighted by atomic mass is 16.1. The van der Waals surface area contributed by atoms with E-state index in [9.17, 15) is 4.79 Å². The van der Waals surface area contributed by atoms with Gasteiger partial charge in [-0.05, 0) is 43.3 Å². The number of aromatic nitrogens is 3. The highest BCUT2D eigenvalue weighted by Gasteiger charge is 2.14. The predicted molar refractivity (Wildman–Crippen MR) is 104 cm³/mol. The first-order chi connectivity index (χ1) is 13.2. The van der Waals surface area contributed by atoms with Gasteiger partial charge in [0.2, 0.25) is 0 Å². The topological polar surface area (TPSA) is 75.4 Å². The van der Waals surface area contributed by atoms with E-state index in [1.807, 2.05) is 60.6 Å². The normalized spacial score (nSPS) is 13.5. The van der Waals surface area contributed by atoms with Gasteiger partial charge in [0.15, 0.2) is 5.82 Å². The number of pyridine rings is 1. The molecule has 0 aliphatic carbocycles. The van der Waals surface area contributed by atoms with Gasteiger partial charge in [0, 0.05) is 54.9 Å². The molecule has 0 saturated carbocycles. The average molecular weight is 360 g/mol. The number of rotatable bonds is 5. The predicted octanol–water partition coefficient (Wildman–Crippen LogP) is 2.78. The third-order valence-electron chi connectivity index (χ3n) is 4.43. The first-order valence-electron chi connectivity index (χ1n) is 8.84. The van der Waals surface area contributed by atoms with Crippen molar-refractivity contribution in [3.63, 3.8) is 0 Å². The summed E-state index contributed by atoms with van der Waals surface area (Å²) < 4.78 is 1.69. The van der Waals surface area contributed by atoms with Crippen LogP contribution in [0.1, 0.15) is 29.3 Å². The number of hydrogen-bond acceptors (Lipinski definition) is 5. The lowest BCUT2D eigenvalue weighted by Crippen LogP contribution is -2.24. The molecular formula is C20H20N6O. The molecule has 1 aliphatic rings. The summed E-state index contributed by atoms with van der Waals surface area (Å²) in [5, 5.41) is 13.6. The second kappa shape index (κ2) is 7.41. The number of amides is 1. The molecule has 3 aromatic rings. The van der Waals surface area contributed by atoms with Gasteiger partial charge >= 0.3 is 0 Å². The molecule has 3 heterocycles. The van der Waals surface area contributed by atoms with E-state index in [2.05, 4.69) is 20.5 Å². The zero-order valence-electron chi connectivity index (χ0n) is 15.0. The fourth-order valence-corrected chi connectivity index (χ4v) is 2.99. The van der Waals surface area contributed by atoms with Crippen molar-refractivity contribution in [3.05, 3.63) is 72.2 Å². The summed E-state index contributed by atoms with van der Waals surface area (Å²) in [6.07, 6.45) is 6.22. The Balaban J connectivity index is 1.43. The molecule has 2 aromatic heterocycles. The minimum atomic E-state index is -0.127. The zero-order chi connectivity index (χ0) is 18.6. The number of carbonyl (C=O) groups is 1. The smallest absolute Gasteiger partial charge is 0.251 e. The lowest BCUT2D eigenvalue weighted by Gasteiger charge is -2.14. The average Bonchev–Trinajstić information content (AvgIpc) is 3.38. The Bertz CT molecular complexity index is 962. The van der Waals surface area contributed by atoms with E-state index in [0.29, 0.717) is 17.9 Å². The summed E-state index contributed by atoms with van der Waals surface area (Å²) in [4.78, 5) is 16.9. The summed E-state index contributed by atoms with van der Waals surface area (Å²) in [6, 6.07) is 13.1. The van der Waals surface area contributed by atoms with E-state index >= 15 is 0 Å². The molecule has 1 N–H and O–H groups in total. The fourth-order valence-electron chi connectivity index (χ4n) is 2.99. The van der Waals surface area contributed by atoms with Crippen molar-refractivity contribution >= 4 is 17.3 Å². The zero-order valence-corrected chi connectivity index (χ0v) is 15.0. The molecule has 1 amide bonds. The number of benzene rings is 1. The highest BCUT2D eigenvalue weighted by Crippen LogP contribution is 2.20. The monoisotopic (exact) mass is 360 g/mol. The second-order valence-corrected chi connectivity index (χ2v) is 6.37. The Morgan fingerprint density at radius 2 is 2.00 bits per heavy atom. The van der Waals surface area contributed by atoms with Crippen molar-refractivity contribution in [2.45, 2.75) is 19.9 Å². The van der Waals surface area contributed by atoms with Crippen LogP contribution in [0.3, 0.4) is 0 Å². The molecule has 1 aliphatic heterocycles. The van der Waals surface area contributed by atoms with Gasteiger partial charge in [-0.2, -0.15) is 10.2 Å². The van der Waals surface area contributed by atoms with Crippen LogP contribution in [0.4, 0.5) is 5.69 Å². The first-order valence-corrected chi connectivity index (χ1v) is 8.84. The van der Waals surface area contributed by atoms with Crippen LogP contribution in [0.25, 0.3) is 5.82 Å². The van der Waals surface area contributed by atoms with Gasteiger partial charge in [-0.25, -0.2) is 9.67 Å². The lowest BCUT2D eigenvalue weighted by molar-refractivity contribution is 0.0951. The molecule has 1 aromatic carbocycles. The molecule has 7 nitrogen and oxygen atoms in total. The Kier molecular flexibility index (Phi) is 4.65. The standard InChI is InChI=1S/C20H20N6O/c1-15-9-13-25(24-15)18-7-5-16(6-8-18)20(27)22-14-17-4-2-10-21-19(17)26-12-3-11-23-26/h2-8,10-12H,9,13-14H2,1H3,(H,22,27). The SMILES string of the molecule is CC1=NN(c2ccc(C(=O)NCc3cccnc3-n3cccn3)cc2)CC1. The molecule has 136 valence electrons. The minimum Gasteiger partial charge on any atom is -0.348 e. The van der Waals surface area contributed by atoms with E-state index < -0.39 is 0 Å². The maximum atomic E-state index is 12.5. The molecule has 0 fully saturated rings. The molecule has 0 saturated heterocycles. The number of hydrogen-bond donors (Lipinski definition) is 1. The molecule has 27 heavy (non-hydrogen) atoms. The van der Waals surface area contributed by atoms with Gasteiger partial charge in [-0.3, -0.25) is 9.80 Å². The molecular weight excluding hydrogens is 340 g/mol. The van der Waals surface area contributed by atoms with Gasteiger partial charge in [0.1, 0.15) is 0 Å². The van der Waals surface area contributed by atoms with Crippen LogP contribution in [0.15, 0.2) is 66.2 Å². The van der Waals surface area contributed by atoms with E-state index in [-0.39, 0.29) is 5.91 Å². The van der Waals surface area contributed by atoms with Crippen molar-refractivity contribution in [2.24, 2.45) is 5.10 Å². The Labute approximate surface area is 157 Å². The van der Waals surface area contributed by atoms with E-state index in [1.165, 1.54) is 0 Å². The minimum absolute atomic E-state index is 0.127. The van der Waals surface area contributed by atoms with Gasteiger partial charge in [-0.1, -0.05) is 6.07 Å². The number of hydrazone groups is 1. The van der Waals surface area contributed by atoms with Crippen molar-refractivity contribution in [1.82, 2.24) is 20.1 Å². The maximum Gasteiger partial charge on any atom is 0.251 e. The molecule has 7 heteroatoms. The van der Waals surface area contributed by atoms with Gasteiger partial charge in [0.25, 0.3) is 5.91 Å². The number of nitrogens with zero attached hydrogens (tertiary/aromatic N) is 5. The molecule has 0 unspecified atom stereocenters. The quantitative estimate of drug-likeness (QED) is 0.759. The summed E-state index contributed by atoms with van der Waals surface area (Å²) >= 11 is 0.